The molecule has 0 saturated carbocycles. The van der Waals surface area contributed by atoms with Crippen molar-refractivity contribution in [2.75, 3.05) is 5.32 Å². The van der Waals surface area contributed by atoms with Gasteiger partial charge >= 0.3 is 0 Å². The van der Waals surface area contributed by atoms with Gasteiger partial charge in [-0.2, -0.15) is 0 Å². The Morgan fingerprint density at radius 1 is 1.29 bits per heavy atom. The molecule has 108 valence electrons. The second kappa shape index (κ2) is 5.41. The summed E-state index contributed by atoms with van der Waals surface area (Å²) in [5.74, 6) is -0.398. The molecule has 21 heavy (non-hydrogen) atoms. The maximum atomic E-state index is 11.2. The van der Waals surface area contributed by atoms with E-state index >= 15 is 0 Å². The number of amides is 1. The van der Waals surface area contributed by atoms with Crippen LogP contribution in [-0.4, -0.2) is 5.91 Å². The number of hydrogen-bond donors (Lipinski definition) is 2. The highest BCUT2D eigenvalue weighted by atomic mass is 35.5. The molecule has 0 spiro atoms. The zero-order valence-electron chi connectivity index (χ0n) is 11.8. The number of halogens is 1. The van der Waals surface area contributed by atoms with E-state index in [9.17, 15) is 4.79 Å². The van der Waals surface area contributed by atoms with E-state index in [1.165, 1.54) is 11.1 Å². The Balaban J connectivity index is 1.84. The number of nitrogens with two attached hydrogens (primary N) is 1. The summed E-state index contributed by atoms with van der Waals surface area (Å²) in [6, 6.07) is 11.9. The van der Waals surface area contributed by atoms with Crippen LogP contribution in [0, 0.1) is 6.92 Å². The minimum absolute atomic E-state index is 0.287. The van der Waals surface area contributed by atoms with Crippen molar-refractivity contribution in [2.45, 2.75) is 25.8 Å². The molecule has 1 amide bonds. The second-order valence-electron chi connectivity index (χ2n) is 5.47. The number of hydrogen-bond acceptors (Lipinski definition) is 2. The largest absolute Gasteiger partial charge is 0.378 e. The summed E-state index contributed by atoms with van der Waals surface area (Å²) >= 11 is 6.04. The maximum Gasteiger partial charge on any atom is 0.248 e. The van der Waals surface area contributed by atoms with E-state index in [-0.39, 0.29) is 6.04 Å². The van der Waals surface area contributed by atoms with E-state index in [1.807, 2.05) is 31.2 Å². The minimum atomic E-state index is -0.398. The van der Waals surface area contributed by atoms with Gasteiger partial charge in [-0.1, -0.05) is 17.7 Å². The van der Waals surface area contributed by atoms with E-state index in [2.05, 4.69) is 11.4 Å². The normalized spacial score (nSPS) is 16.6. The van der Waals surface area contributed by atoms with E-state index in [4.69, 9.17) is 17.3 Å². The van der Waals surface area contributed by atoms with Gasteiger partial charge in [-0.3, -0.25) is 4.79 Å². The third-order valence-corrected chi connectivity index (χ3v) is 4.26. The van der Waals surface area contributed by atoms with Crippen molar-refractivity contribution in [1.29, 1.82) is 0 Å². The zero-order valence-corrected chi connectivity index (χ0v) is 12.6. The standard InChI is InChI=1S/C17H17ClN2O/c1-10-8-12(17(19)21)3-6-15(10)20-16-7-2-11-9-13(18)4-5-14(11)16/h3-6,8-9,16,20H,2,7H2,1H3,(H2,19,21). The molecule has 0 bridgehead atoms. The SMILES string of the molecule is Cc1cc(C(N)=O)ccc1NC1CCc2cc(Cl)ccc21. The first-order valence-corrected chi connectivity index (χ1v) is 7.37. The highest BCUT2D eigenvalue weighted by molar-refractivity contribution is 6.30. The molecule has 1 unspecified atom stereocenters. The third-order valence-electron chi connectivity index (χ3n) is 4.02. The van der Waals surface area contributed by atoms with Crippen LogP contribution in [0.25, 0.3) is 0 Å². The van der Waals surface area contributed by atoms with Gasteiger partial charge in [0.2, 0.25) is 5.91 Å². The van der Waals surface area contributed by atoms with Gasteiger partial charge in [-0.25, -0.2) is 0 Å². The van der Waals surface area contributed by atoms with Crippen molar-refractivity contribution in [3.63, 3.8) is 0 Å². The van der Waals surface area contributed by atoms with Crippen molar-refractivity contribution in [3.05, 3.63) is 63.7 Å². The number of aryl methyl sites for hydroxylation is 2. The number of anilines is 1. The summed E-state index contributed by atoms with van der Waals surface area (Å²) in [6.07, 6.45) is 2.08. The Labute approximate surface area is 129 Å². The van der Waals surface area contributed by atoms with Crippen molar-refractivity contribution >= 4 is 23.2 Å². The lowest BCUT2D eigenvalue weighted by molar-refractivity contribution is 0.1000. The monoisotopic (exact) mass is 300 g/mol. The fraction of sp³-hybridized carbons (Fsp3) is 0.235. The zero-order chi connectivity index (χ0) is 15.0. The van der Waals surface area contributed by atoms with Crippen molar-refractivity contribution < 1.29 is 4.79 Å². The number of carbonyl (C=O) groups excluding carboxylic acids is 1. The van der Waals surface area contributed by atoms with Crippen LogP contribution >= 0.6 is 11.6 Å². The van der Waals surface area contributed by atoms with Crippen LogP contribution < -0.4 is 11.1 Å². The first-order chi connectivity index (χ1) is 10.0. The summed E-state index contributed by atoms with van der Waals surface area (Å²) < 4.78 is 0. The number of primary amides is 1. The summed E-state index contributed by atoms with van der Waals surface area (Å²) in [5.41, 5.74) is 10.5. The Morgan fingerprint density at radius 3 is 2.81 bits per heavy atom. The molecule has 3 nitrogen and oxygen atoms in total. The Bertz CT molecular complexity index is 712. The van der Waals surface area contributed by atoms with E-state index in [1.54, 1.807) is 6.07 Å². The second-order valence-corrected chi connectivity index (χ2v) is 5.91. The molecule has 0 saturated heterocycles. The van der Waals surface area contributed by atoms with Crippen molar-refractivity contribution in [1.82, 2.24) is 0 Å². The number of carbonyl (C=O) groups is 1. The topological polar surface area (TPSA) is 55.1 Å². The molecule has 2 aromatic carbocycles. The lowest BCUT2D eigenvalue weighted by Crippen LogP contribution is -2.12. The van der Waals surface area contributed by atoms with Crippen molar-refractivity contribution in [3.8, 4) is 0 Å². The van der Waals surface area contributed by atoms with Gasteiger partial charge in [0.1, 0.15) is 0 Å². The van der Waals surface area contributed by atoms with Crippen LogP contribution in [0.15, 0.2) is 36.4 Å². The molecule has 2 aromatic rings. The van der Waals surface area contributed by atoms with Crippen LogP contribution in [-0.2, 0) is 6.42 Å². The van der Waals surface area contributed by atoms with Crippen LogP contribution in [0.3, 0.4) is 0 Å². The predicted octanol–water partition coefficient (Wildman–Crippen LogP) is 3.85. The van der Waals surface area contributed by atoms with Gasteiger partial charge in [-0.05, 0) is 66.8 Å². The molecule has 0 aliphatic heterocycles. The lowest BCUT2D eigenvalue weighted by Gasteiger charge is -2.18. The first kappa shape index (κ1) is 14.0. The molecule has 1 aliphatic carbocycles. The highest BCUT2D eigenvalue weighted by Gasteiger charge is 2.22. The molecule has 4 heteroatoms. The van der Waals surface area contributed by atoms with E-state index in [0.29, 0.717) is 5.56 Å². The number of nitrogens with one attached hydrogen (secondary N) is 1. The van der Waals surface area contributed by atoms with Crippen LogP contribution in [0.1, 0.15) is 39.5 Å². The van der Waals surface area contributed by atoms with Gasteiger partial charge in [0.25, 0.3) is 0 Å². The quantitative estimate of drug-likeness (QED) is 0.904. The average Bonchev–Trinajstić information content (AvgIpc) is 2.83. The number of rotatable bonds is 3. The fourth-order valence-electron chi connectivity index (χ4n) is 2.90. The molecular formula is C17H17ClN2O. The smallest absolute Gasteiger partial charge is 0.248 e. The lowest BCUT2D eigenvalue weighted by atomic mass is 10.1. The predicted molar refractivity (Wildman–Crippen MR) is 85.8 cm³/mol. The molecule has 3 rings (SSSR count). The molecule has 0 fully saturated rings. The first-order valence-electron chi connectivity index (χ1n) is 7.00. The van der Waals surface area contributed by atoms with Gasteiger partial charge in [-0.15, -0.1) is 0 Å². The van der Waals surface area contributed by atoms with E-state index < -0.39 is 5.91 Å². The summed E-state index contributed by atoms with van der Waals surface area (Å²) in [7, 11) is 0. The van der Waals surface area contributed by atoms with Crippen LogP contribution in [0.5, 0.6) is 0 Å². The summed E-state index contributed by atoms with van der Waals surface area (Å²) in [4.78, 5) is 11.2. The van der Waals surface area contributed by atoms with Gasteiger partial charge in [0.05, 0.1) is 6.04 Å². The average molecular weight is 301 g/mol. The van der Waals surface area contributed by atoms with E-state index in [0.717, 1.165) is 29.1 Å². The molecule has 1 atom stereocenters. The summed E-state index contributed by atoms with van der Waals surface area (Å²) in [5, 5.41) is 4.34. The molecule has 0 aromatic heterocycles. The number of fused-ring (bicyclic) bond motifs is 1. The molecule has 1 aliphatic rings. The molecular weight excluding hydrogens is 284 g/mol. The minimum Gasteiger partial charge on any atom is -0.378 e. The third kappa shape index (κ3) is 2.74. The molecule has 0 radical (unpaired) electrons. The van der Waals surface area contributed by atoms with Crippen LogP contribution in [0.2, 0.25) is 5.02 Å². The highest BCUT2D eigenvalue weighted by Crippen LogP contribution is 2.35. The van der Waals surface area contributed by atoms with Crippen molar-refractivity contribution in [2.24, 2.45) is 5.73 Å². The van der Waals surface area contributed by atoms with Gasteiger partial charge in [0, 0.05) is 16.3 Å². The maximum absolute atomic E-state index is 11.2. The Morgan fingerprint density at radius 2 is 2.10 bits per heavy atom. The van der Waals surface area contributed by atoms with Gasteiger partial charge < -0.3 is 11.1 Å². The molecule has 0 heterocycles. The fourth-order valence-corrected chi connectivity index (χ4v) is 3.10. The van der Waals surface area contributed by atoms with Crippen LogP contribution in [0.4, 0.5) is 5.69 Å². The number of benzene rings is 2. The summed E-state index contributed by atoms with van der Waals surface area (Å²) in [6.45, 7) is 1.98. The Kier molecular flexibility index (Phi) is 3.60. The molecule has 3 N–H and O–H groups in total. The van der Waals surface area contributed by atoms with Gasteiger partial charge in [0.15, 0.2) is 0 Å². The Hall–Kier alpha value is -2.00.